The minimum atomic E-state index is -0.802. The molecule has 0 radical (unpaired) electrons. The fourth-order valence-electron chi connectivity index (χ4n) is 0.897. The summed E-state index contributed by atoms with van der Waals surface area (Å²) in [5.74, 6) is -0.00694. The van der Waals surface area contributed by atoms with Gasteiger partial charge >= 0.3 is 5.70 Å². The first-order chi connectivity index (χ1) is 5.42. The minimum absolute atomic E-state index is 0.00694. The van der Waals surface area contributed by atoms with E-state index in [0.717, 1.165) is 0 Å². The average Bonchev–Trinajstić information content (AvgIpc) is 1.83. The Hall–Kier alpha value is -1.56. The predicted octanol–water partition coefficient (Wildman–Crippen LogP) is -0.775. The van der Waals surface area contributed by atoms with Gasteiger partial charge in [0, 0.05) is 6.08 Å². The van der Waals surface area contributed by atoms with Crippen LogP contribution < -0.4 is 16.8 Å². The monoisotopic (exact) mass is 170 g/mol. The van der Waals surface area contributed by atoms with Gasteiger partial charge in [0.15, 0.2) is 5.82 Å². The Morgan fingerprint density at radius 3 is 2.75 bits per heavy atom. The third-order valence-corrected chi connectivity index (χ3v) is 1.46. The van der Waals surface area contributed by atoms with Gasteiger partial charge in [-0.2, -0.15) is 0 Å². The van der Waals surface area contributed by atoms with E-state index in [-0.39, 0.29) is 11.5 Å². The molecule has 0 saturated heterocycles. The highest BCUT2D eigenvalue weighted by atomic mass is 16.6. The van der Waals surface area contributed by atoms with Gasteiger partial charge in [0.2, 0.25) is 0 Å². The first-order valence-corrected chi connectivity index (χ1v) is 3.33. The molecule has 0 fully saturated rings. The molecule has 1 aliphatic heterocycles. The predicted molar refractivity (Wildman–Crippen MR) is 43.1 cm³/mol. The Bertz CT molecular complexity index is 279. The Labute approximate surface area is 69.1 Å². The van der Waals surface area contributed by atoms with Crippen molar-refractivity contribution in [1.82, 2.24) is 5.32 Å². The molecule has 66 valence electrons. The second-order valence-corrected chi connectivity index (χ2v) is 2.80. The fourth-order valence-corrected chi connectivity index (χ4v) is 0.897. The minimum Gasteiger partial charge on any atom is -0.380 e. The quantitative estimate of drug-likeness (QED) is 0.353. The van der Waals surface area contributed by atoms with Crippen molar-refractivity contribution in [1.29, 1.82) is 0 Å². The lowest BCUT2D eigenvalue weighted by molar-refractivity contribution is -0.421. The lowest BCUT2D eigenvalue weighted by Crippen LogP contribution is -2.52. The molecule has 0 aromatic rings. The maximum absolute atomic E-state index is 10.3. The summed E-state index contributed by atoms with van der Waals surface area (Å²) in [6.45, 7) is 1.66. The first kappa shape index (κ1) is 8.54. The van der Waals surface area contributed by atoms with E-state index in [1.54, 1.807) is 6.92 Å². The summed E-state index contributed by atoms with van der Waals surface area (Å²) >= 11 is 0. The topological polar surface area (TPSA) is 107 Å². The van der Waals surface area contributed by atoms with Crippen LogP contribution in [0.15, 0.2) is 23.7 Å². The molecule has 0 saturated carbocycles. The van der Waals surface area contributed by atoms with Crippen LogP contribution in [0.25, 0.3) is 0 Å². The van der Waals surface area contributed by atoms with E-state index in [4.69, 9.17) is 11.5 Å². The van der Waals surface area contributed by atoms with Gasteiger partial charge in [0.25, 0.3) is 0 Å². The molecule has 0 aliphatic carbocycles. The van der Waals surface area contributed by atoms with Crippen molar-refractivity contribution in [3.8, 4) is 0 Å². The van der Waals surface area contributed by atoms with Crippen molar-refractivity contribution in [2.24, 2.45) is 11.5 Å². The second kappa shape index (κ2) is 2.49. The Morgan fingerprint density at radius 1 is 1.75 bits per heavy atom. The first-order valence-electron chi connectivity index (χ1n) is 3.33. The molecule has 0 aromatic carbocycles. The third kappa shape index (κ3) is 1.54. The Morgan fingerprint density at radius 2 is 2.33 bits per heavy atom. The Kier molecular flexibility index (Phi) is 1.77. The number of rotatable bonds is 1. The van der Waals surface area contributed by atoms with Gasteiger partial charge in [-0.15, -0.1) is 0 Å². The smallest absolute Gasteiger partial charge is 0.308 e. The number of hydrogen-bond acceptors (Lipinski definition) is 5. The molecule has 6 nitrogen and oxygen atoms in total. The van der Waals surface area contributed by atoms with Crippen LogP contribution >= 0.6 is 0 Å². The lowest BCUT2D eigenvalue weighted by atomic mass is 10.1. The molecule has 1 atom stereocenters. The molecule has 0 aromatic heterocycles. The number of nitro groups is 1. The van der Waals surface area contributed by atoms with Crippen LogP contribution in [0, 0.1) is 10.1 Å². The van der Waals surface area contributed by atoms with E-state index in [0.29, 0.717) is 0 Å². The molecule has 1 rings (SSSR count). The number of nitrogens with zero attached hydrogens (tertiary/aromatic N) is 1. The van der Waals surface area contributed by atoms with E-state index >= 15 is 0 Å². The van der Waals surface area contributed by atoms with Crippen LogP contribution in [0.5, 0.6) is 0 Å². The fraction of sp³-hybridized carbons (Fsp3) is 0.333. The molecule has 1 heterocycles. The highest BCUT2D eigenvalue weighted by Crippen LogP contribution is 2.11. The summed E-state index contributed by atoms with van der Waals surface area (Å²) in [6.07, 6.45) is 2.79. The molecule has 1 unspecified atom stereocenters. The van der Waals surface area contributed by atoms with Gasteiger partial charge < -0.3 is 16.8 Å². The molecular weight excluding hydrogens is 160 g/mol. The number of nitrogens with one attached hydrogen (secondary N) is 1. The van der Waals surface area contributed by atoms with Gasteiger partial charge in [-0.3, -0.25) is 10.1 Å². The van der Waals surface area contributed by atoms with Gasteiger partial charge in [0.1, 0.15) is 5.66 Å². The van der Waals surface area contributed by atoms with Crippen LogP contribution in [-0.2, 0) is 0 Å². The van der Waals surface area contributed by atoms with E-state index < -0.39 is 10.6 Å². The van der Waals surface area contributed by atoms with E-state index in [1.807, 2.05) is 0 Å². The number of allylic oxidation sites excluding steroid dienone is 1. The lowest BCUT2D eigenvalue weighted by Gasteiger charge is -2.25. The standard InChI is InChI=1S/C6H10N4O2/c1-6(8)3-2-4(10(11)12)5(7)9-6/h2-3,9H,7-8H2,1H3. The van der Waals surface area contributed by atoms with Crippen LogP contribution in [0.2, 0.25) is 0 Å². The summed E-state index contributed by atoms with van der Waals surface area (Å²) in [4.78, 5) is 9.75. The summed E-state index contributed by atoms with van der Waals surface area (Å²) in [5.41, 5.74) is 9.99. The van der Waals surface area contributed by atoms with Gasteiger partial charge in [-0.1, -0.05) is 0 Å². The SMILES string of the molecule is CC1(N)C=CC([N+](=O)[O-])=C(N)N1. The maximum atomic E-state index is 10.3. The van der Waals surface area contributed by atoms with Crippen molar-refractivity contribution < 1.29 is 4.92 Å². The van der Waals surface area contributed by atoms with Crippen LogP contribution in [0.4, 0.5) is 0 Å². The van der Waals surface area contributed by atoms with E-state index in [2.05, 4.69) is 5.32 Å². The molecule has 0 spiro atoms. The summed E-state index contributed by atoms with van der Waals surface area (Å²) in [6, 6.07) is 0. The molecule has 5 N–H and O–H groups in total. The number of hydrogen-bond donors (Lipinski definition) is 3. The van der Waals surface area contributed by atoms with Crippen LogP contribution in [0.3, 0.4) is 0 Å². The molecular formula is C6H10N4O2. The highest BCUT2D eigenvalue weighted by Gasteiger charge is 2.25. The highest BCUT2D eigenvalue weighted by molar-refractivity contribution is 5.26. The van der Waals surface area contributed by atoms with Gasteiger partial charge in [0.05, 0.1) is 4.92 Å². The van der Waals surface area contributed by atoms with Gasteiger partial charge in [-0.25, -0.2) is 0 Å². The Balaban J connectivity index is 2.95. The largest absolute Gasteiger partial charge is 0.380 e. The maximum Gasteiger partial charge on any atom is 0.308 e. The summed E-state index contributed by atoms with van der Waals surface area (Å²) < 4.78 is 0. The van der Waals surface area contributed by atoms with Crippen molar-refractivity contribution in [3.63, 3.8) is 0 Å². The third-order valence-electron chi connectivity index (χ3n) is 1.46. The number of dihydropyridines is 1. The molecule has 0 bridgehead atoms. The zero-order valence-electron chi connectivity index (χ0n) is 6.57. The van der Waals surface area contributed by atoms with Crippen molar-refractivity contribution in [2.45, 2.75) is 12.6 Å². The normalized spacial score (nSPS) is 28.5. The van der Waals surface area contributed by atoms with Crippen LogP contribution in [0.1, 0.15) is 6.92 Å². The van der Waals surface area contributed by atoms with Crippen molar-refractivity contribution in [3.05, 3.63) is 33.8 Å². The molecule has 0 amide bonds. The second-order valence-electron chi connectivity index (χ2n) is 2.80. The summed E-state index contributed by atoms with van der Waals surface area (Å²) in [7, 11) is 0. The summed E-state index contributed by atoms with van der Waals surface area (Å²) in [5, 5.41) is 12.9. The van der Waals surface area contributed by atoms with Crippen molar-refractivity contribution >= 4 is 0 Å². The zero-order valence-corrected chi connectivity index (χ0v) is 6.57. The molecule has 1 aliphatic rings. The van der Waals surface area contributed by atoms with E-state index in [9.17, 15) is 10.1 Å². The van der Waals surface area contributed by atoms with Gasteiger partial charge in [-0.05, 0) is 13.0 Å². The van der Waals surface area contributed by atoms with E-state index in [1.165, 1.54) is 12.2 Å². The zero-order chi connectivity index (χ0) is 9.35. The molecule has 12 heavy (non-hydrogen) atoms. The molecule has 6 heteroatoms. The number of nitrogens with two attached hydrogens (primary N) is 2. The van der Waals surface area contributed by atoms with Crippen molar-refractivity contribution in [2.75, 3.05) is 0 Å². The van der Waals surface area contributed by atoms with Crippen LogP contribution in [-0.4, -0.2) is 10.6 Å². The average molecular weight is 170 g/mol.